The topological polar surface area (TPSA) is 88.8 Å². The van der Waals surface area contributed by atoms with Crippen LogP contribution in [0.4, 0.5) is 0 Å². The predicted molar refractivity (Wildman–Crippen MR) is 54.3 cm³/mol. The van der Waals surface area contributed by atoms with E-state index in [0.29, 0.717) is 12.8 Å². The summed E-state index contributed by atoms with van der Waals surface area (Å²) in [4.78, 5) is 26.6. The average Bonchev–Trinajstić information content (AvgIpc) is 2.65. The number of rotatable bonds is 6. The fraction of sp³-hybridized carbons (Fsp3) is 0.400. The van der Waals surface area contributed by atoms with Crippen LogP contribution in [0.1, 0.15) is 30.3 Å². The standard InChI is InChI=1S/C10H13NO5/c1-2-4-8(10(14)15)16-11-6-3-5-7(11)9(12)13/h3,5-6,8H,2,4H2,1H3,(H,12,13)(H,14,15). The van der Waals surface area contributed by atoms with Gasteiger partial charge in [0, 0.05) is 6.20 Å². The van der Waals surface area contributed by atoms with Crippen molar-refractivity contribution in [3.8, 4) is 0 Å². The Labute approximate surface area is 92.0 Å². The summed E-state index contributed by atoms with van der Waals surface area (Å²) in [6.45, 7) is 1.83. The van der Waals surface area contributed by atoms with E-state index in [9.17, 15) is 9.59 Å². The van der Waals surface area contributed by atoms with Crippen molar-refractivity contribution in [2.75, 3.05) is 0 Å². The lowest BCUT2D eigenvalue weighted by atomic mass is 10.2. The quantitative estimate of drug-likeness (QED) is 0.752. The second-order valence-electron chi connectivity index (χ2n) is 3.25. The minimum absolute atomic E-state index is 0.0950. The number of hydrogen-bond acceptors (Lipinski definition) is 3. The number of aromatic carboxylic acids is 1. The molecular formula is C10H13NO5. The summed E-state index contributed by atoms with van der Waals surface area (Å²) >= 11 is 0. The maximum absolute atomic E-state index is 10.8. The third-order valence-corrected chi connectivity index (χ3v) is 2.00. The van der Waals surface area contributed by atoms with Crippen LogP contribution in [-0.2, 0) is 4.79 Å². The fourth-order valence-corrected chi connectivity index (χ4v) is 1.24. The van der Waals surface area contributed by atoms with Gasteiger partial charge >= 0.3 is 11.9 Å². The Hall–Kier alpha value is -1.98. The highest BCUT2D eigenvalue weighted by Gasteiger charge is 2.20. The van der Waals surface area contributed by atoms with Gasteiger partial charge in [-0.2, -0.15) is 4.73 Å². The summed E-state index contributed by atoms with van der Waals surface area (Å²) in [5.74, 6) is -2.27. The molecular weight excluding hydrogens is 214 g/mol. The third kappa shape index (κ3) is 2.75. The Bertz CT molecular complexity index is 384. The Kier molecular flexibility index (Phi) is 3.93. The van der Waals surface area contributed by atoms with Crippen LogP contribution in [-0.4, -0.2) is 33.0 Å². The molecule has 0 amide bonds. The lowest BCUT2D eigenvalue weighted by molar-refractivity contribution is -0.151. The zero-order chi connectivity index (χ0) is 12.1. The van der Waals surface area contributed by atoms with Crippen LogP contribution in [0.3, 0.4) is 0 Å². The van der Waals surface area contributed by atoms with E-state index in [0.717, 1.165) is 4.73 Å². The first-order valence-electron chi connectivity index (χ1n) is 4.86. The number of aromatic nitrogens is 1. The molecule has 2 N–H and O–H groups in total. The number of carboxylic acids is 2. The normalized spacial score (nSPS) is 12.1. The van der Waals surface area contributed by atoms with Gasteiger partial charge in [0.2, 0.25) is 6.10 Å². The molecule has 0 fully saturated rings. The maximum atomic E-state index is 10.8. The zero-order valence-corrected chi connectivity index (χ0v) is 8.79. The van der Waals surface area contributed by atoms with Gasteiger partial charge in [-0.1, -0.05) is 13.3 Å². The molecule has 0 aromatic carbocycles. The van der Waals surface area contributed by atoms with Gasteiger partial charge in [-0.05, 0) is 18.6 Å². The fourth-order valence-electron chi connectivity index (χ4n) is 1.24. The first-order valence-corrected chi connectivity index (χ1v) is 4.86. The summed E-state index contributed by atoms with van der Waals surface area (Å²) in [5.41, 5.74) is -0.0950. The molecule has 1 aromatic heterocycles. The summed E-state index contributed by atoms with van der Waals surface area (Å²) in [5, 5.41) is 17.6. The molecule has 1 aromatic rings. The van der Waals surface area contributed by atoms with Gasteiger partial charge in [0.25, 0.3) is 0 Å². The van der Waals surface area contributed by atoms with Crippen molar-refractivity contribution in [2.45, 2.75) is 25.9 Å². The summed E-state index contributed by atoms with van der Waals surface area (Å²) < 4.78 is 0.969. The van der Waals surface area contributed by atoms with E-state index in [4.69, 9.17) is 15.1 Å². The molecule has 1 atom stereocenters. The average molecular weight is 227 g/mol. The molecule has 0 aliphatic heterocycles. The molecule has 0 saturated heterocycles. The van der Waals surface area contributed by atoms with Gasteiger partial charge in [0.1, 0.15) is 0 Å². The smallest absolute Gasteiger partial charge is 0.355 e. The van der Waals surface area contributed by atoms with Crippen molar-refractivity contribution in [3.63, 3.8) is 0 Å². The predicted octanol–water partition coefficient (Wildman–Crippen LogP) is 0.868. The molecule has 6 nitrogen and oxygen atoms in total. The molecule has 0 aliphatic carbocycles. The van der Waals surface area contributed by atoms with Crippen molar-refractivity contribution in [2.24, 2.45) is 0 Å². The molecule has 88 valence electrons. The molecule has 6 heteroatoms. The van der Waals surface area contributed by atoms with Crippen LogP contribution in [0.25, 0.3) is 0 Å². The van der Waals surface area contributed by atoms with Crippen LogP contribution < -0.4 is 4.84 Å². The largest absolute Gasteiger partial charge is 0.478 e. The van der Waals surface area contributed by atoms with Gasteiger partial charge in [-0.3, -0.25) is 0 Å². The third-order valence-electron chi connectivity index (χ3n) is 2.00. The lowest BCUT2D eigenvalue weighted by Gasteiger charge is -2.15. The highest BCUT2D eigenvalue weighted by molar-refractivity contribution is 5.85. The molecule has 0 bridgehead atoms. The van der Waals surface area contributed by atoms with Crippen LogP contribution in [0.5, 0.6) is 0 Å². The molecule has 0 aliphatic rings. The molecule has 1 rings (SSSR count). The van der Waals surface area contributed by atoms with Crippen molar-refractivity contribution < 1.29 is 24.6 Å². The highest BCUT2D eigenvalue weighted by Crippen LogP contribution is 2.05. The first-order chi connectivity index (χ1) is 7.56. The van der Waals surface area contributed by atoms with Crippen LogP contribution >= 0.6 is 0 Å². The van der Waals surface area contributed by atoms with E-state index in [1.807, 2.05) is 6.92 Å². The van der Waals surface area contributed by atoms with Crippen LogP contribution in [0, 0.1) is 0 Å². The number of hydrogen-bond donors (Lipinski definition) is 2. The van der Waals surface area contributed by atoms with Crippen LogP contribution in [0.15, 0.2) is 18.3 Å². The SMILES string of the molecule is CCCC(On1cccc1C(=O)O)C(=O)O. The second kappa shape index (κ2) is 5.20. The van der Waals surface area contributed by atoms with Gasteiger partial charge in [0.05, 0.1) is 0 Å². The van der Waals surface area contributed by atoms with Crippen molar-refractivity contribution in [1.82, 2.24) is 4.73 Å². The van der Waals surface area contributed by atoms with Gasteiger partial charge in [-0.15, -0.1) is 0 Å². The molecule has 1 unspecified atom stereocenters. The van der Waals surface area contributed by atoms with Gasteiger partial charge in [-0.25, -0.2) is 9.59 Å². The molecule has 0 spiro atoms. The Morgan fingerprint density at radius 2 is 2.19 bits per heavy atom. The van der Waals surface area contributed by atoms with E-state index in [1.54, 1.807) is 0 Å². The summed E-state index contributed by atoms with van der Waals surface area (Å²) in [6, 6.07) is 2.82. The zero-order valence-electron chi connectivity index (χ0n) is 8.79. The Balaban J connectivity index is 2.81. The summed E-state index contributed by atoms with van der Waals surface area (Å²) in [7, 11) is 0. The maximum Gasteiger partial charge on any atom is 0.355 e. The molecule has 16 heavy (non-hydrogen) atoms. The number of carboxylic acid groups (broad SMARTS) is 2. The summed E-state index contributed by atoms with van der Waals surface area (Å²) in [6.07, 6.45) is 1.30. The van der Waals surface area contributed by atoms with Crippen LogP contribution in [0.2, 0.25) is 0 Å². The van der Waals surface area contributed by atoms with E-state index in [-0.39, 0.29) is 5.69 Å². The van der Waals surface area contributed by atoms with Gasteiger partial charge < -0.3 is 15.1 Å². The van der Waals surface area contributed by atoms with E-state index in [2.05, 4.69) is 0 Å². The Morgan fingerprint density at radius 3 is 2.69 bits per heavy atom. The number of nitrogens with zero attached hydrogens (tertiary/aromatic N) is 1. The minimum Gasteiger partial charge on any atom is -0.478 e. The van der Waals surface area contributed by atoms with Crippen molar-refractivity contribution in [3.05, 3.63) is 24.0 Å². The van der Waals surface area contributed by atoms with E-state index in [1.165, 1.54) is 18.3 Å². The van der Waals surface area contributed by atoms with Crippen molar-refractivity contribution in [1.29, 1.82) is 0 Å². The number of carbonyl (C=O) groups is 2. The minimum atomic E-state index is -1.16. The highest BCUT2D eigenvalue weighted by atomic mass is 16.7. The number of aliphatic carboxylic acids is 1. The Morgan fingerprint density at radius 1 is 1.50 bits per heavy atom. The van der Waals surface area contributed by atoms with Gasteiger partial charge in [0.15, 0.2) is 5.69 Å². The van der Waals surface area contributed by atoms with E-state index >= 15 is 0 Å². The molecule has 0 radical (unpaired) electrons. The first kappa shape index (κ1) is 12.1. The van der Waals surface area contributed by atoms with Crippen molar-refractivity contribution >= 4 is 11.9 Å². The molecule has 1 heterocycles. The molecule has 0 saturated carbocycles. The van der Waals surface area contributed by atoms with E-state index < -0.39 is 18.0 Å². The second-order valence-corrected chi connectivity index (χ2v) is 3.25. The monoisotopic (exact) mass is 227 g/mol. The lowest BCUT2D eigenvalue weighted by Crippen LogP contribution is -2.33.